The normalized spacial score (nSPS) is 12.7. The van der Waals surface area contributed by atoms with E-state index in [9.17, 15) is 10.1 Å². The Morgan fingerprint density at radius 1 is 1.15 bits per heavy atom. The molecule has 0 spiro atoms. The molecule has 3 aromatic rings. The Hall–Kier alpha value is -3.30. The first-order valence-electron chi connectivity index (χ1n) is 8.16. The van der Waals surface area contributed by atoms with E-state index in [0.29, 0.717) is 27.2 Å². The van der Waals surface area contributed by atoms with Crippen molar-refractivity contribution in [2.75, 3.05) is 12.1 Å². The fourth-order valence-electron chi connectivity index (χ4n) is 2.91. The molecule has 1 amide bonds. The topological polar surface area (TPSA) is 71.3 Å². The molecular weight excluding hydrogens is 408 g/mol. The largest absolute Gasteiger partial charge is 0.454 e. The fraction of sp³-hybridized carbons (Fsp3) is 0.0476. The Morgan fingerprint density at radius 3 is 2.81 bits per heavy atom. The lowest BCUT2D eigenvalue weighted by atomic mass is 10.1. The van der Waals surface area contributed by atoms with E-state index >= 15 is 0 Å². The number of hydrogen-bond donors (Lipinski definition) is 1. The van der Waals surface area contributed by atoms with E-state index < -0.39 is 5.91 Å². The number of carbonyl (C=O) groups excluding carboxylic acids is 1. The number of carbonyl (C=O) groups is 1. The SMILES string of the molecule is N#C/C(=C\c1cc(Br)c2c(c1)OCO2)C(=O)Nc1cccc2ccccc12. The number of nitrogens with zero attached hydrogens (tertiary/aromatic N) is 1. The number of anilines is 1. The van der Waals surface area contributed by atoms with Gasteiger partial charge in [-0.3, -0.25) is 4.79 Å². The van der Waals surface area contributed by atoms with Crippen molar-refractivity contribution in [3.8, 4) is 17.6 Å². The van der Waals surface area contributed by atoms with Gasteiger partial charge >= 0.3 is 0 Å². The minimum atomic E-state index is -0.470. The van der Waals surface area contributed by atoms with Crippen LogP contribution in [0.2, 0.25) is 0 Å². The number of halogens is 1. The van der Waals surface area contributed by atoms with Crippen molar-refractivity contribution in [2.45, 2.75) is 0 Å². The summed E-state index contributed by atoms with van der Waals surface area (Å²) in [6, 6.07) is 18.9. The van der Waals surface area contributed by atoms with Crippen LogP contribution in [0.5, 0.6) is 11.5 Å². The van der Waals surface area contributed by atoms with Crippen LogP contribution in [0.4, 0.5) is 5.69 Å². The Kier molecular flexibility index (Phi) is 4.53. The molecule has 0 aliphatic carbocycles. The average Bonchev–Trinajstić information content (AvgIpc) is 3.15. The zero-order valence-corrected chi connectivity index (χ0v) is 15.6. The van der Waals surface area contributed by atoms with Gasteiger partial charge in [-0.25, -0.2) is 0 Å². The summed E-state index contributed by atoms with van der Waals surface area (Å²) in [6.45, 7) is 0.147. The molecule has 0 unspecified atom stereocenters. The van der Waals surface area contributed by atoms with Gasteiger partial charge in [0.1, 0.15) is 11.6 Å². The molecule has 4 rings (SSSR count). The van der Waals surface area contributed by atoms with Gasteiger partial charge in [0.15, 0.2) is 11.5 Å². The summed E-state index contributed by atoms with van der Waals surface area (Å²) < 4.78 is 11.4. The second-order valence-corrected chi connectivity index (χ2v) is 6.74. The molecule has 132 valence electrons. The second kappa shape index (κ2) is 7.14. The maximum absolute atomic E-state index is 12.6. The van der Waals surface area contributed by atoms with Crippen molar-refractivity contribution in [1.82, 2.24) is 0 Å². The molecule has 6 heteroatoms. The summed E-state index contributed by atoms with van der Waals surface area (Å²) in [5.41, 5.74) is 1.32. The third-order valence-corrected chi connectivity index (χ3v) is 4.75. The van der Waals surface area contributed by atoms with E-state index in [4.69, 9.17) is 9.47 Å². The molecule has 0 saturated heterocycles. The van der Waals surface area contributed by atoms with Gasteiger partial charge < -0.3 is 14.8 Å². The highest BCUT2D eigenvalue weighted by molar-refractivity contribution is 9.10. The molecule has 5 nitrogen and oxygen atoms in total. The molecular formula is C21H13BrN2O3. The first-order valence-corrected chi connectivity index (χ1v) is 8.95. The quantitative estimate of drug-likeness (QED) is 0.484. The van der Waals surface area contributed by atoms with Gasteiger partial charge in [0.05, 0.1) is 4.47 Å². The van der Waals surface area contributed by atoms with E-state index in [2.05, 4.69) is 21.2 Å². The number of hydrogen-bond acceptors (Lipinski definition) is 4. The highest BCUT2D eigenvalue weighted by Crippen LogP contribution is 2.40. The van der Waals surface area contributed by atoms with Crippen molar-refractivity contribution < 1.29 is 14.3 Å². The van der Waals surface area contributed by atoms with Crippen molar-refractivity contribution in [3.63, 3.8) is 0 Å². The summed E-state index contributed by atoms with van der Waals surface area (Å²) >= 11 is 3.41. The number of fused-ring (bicyclic) bond motifs is 2. The molecule has 0 radical (unpaired) electrons. The lowest BCUT2D eigenvalue weighted by molar-refractivity contribution is -0.112. The molecule has 0 bridgehead atoms. The number of amides is 1. The van der Waals surface area contributed by atoms with E-state index in [1.807, 2.05) is 48.5 Å². The summed E-state index contributed by atoms with van der Waals surface area (Å²) in [4.78, 5) is 12.6. The third-order valence-electron chi connectivity index (χ3n) is 4.16. The van der Waals surface area contributed by atoms with E-state index in [1.54, 1.807) is 12.1 Å². The molecule has 0 saturated carbocycles. The molecule has 1 heterocycles. The predicted molar refractivity (Wildman–Crippen MR) is 106 cm³/mol. The van der Waals surface area contributed by atoms with Crippen molar-refractivity contribution >= 4 is 44.4 Å². The maximum atomic E-state index is 12.6. The highest BCUT2D eigenvalue weighted by Gasteiger charge is 2.18. The first-order chi connectivity index (χ1) is 13.2. The van der Waals surface area contributed by atoms with Crippen LogP contribution >= 0.6 is 15.9 Å². The van der Waals surface area contributed by atoms with Crippen molar-refractivity contribution in [1.29, 1.82) is 5.26 Å². The monoisotopic (exact) mass is 420 g/mol. The average molecular weight is 421 g/mol. The Balaban J connectivity index is 1.65. The van der Waals surface area contributed by atoms with Crippen LogP contribution in [0, 0.1) is 11.3 Å². The van der Waals surface area contributed by atoms with Crippen molar-refractivity contribution in [3.05, 3.63) is 70.2 Å². The van der Waals surface area contributed by atoms with Crippen LogP contribution in [0.3, 0.4) is 0 Å². The van der Waals surface area contributed by atoms with Gasteiger partial charge in [0.25, 0.3) is 5.91 Å². The van der Waals surface area contributed by atoms with Crippen molar-refractivity contribution in [2.24, 2.45) is 0 Å². The smallest absolute Gasteiger partial charge is 0.266 e. The zero-order valence-electron chi connectivity index (χ0n) is 14.0. The zero-order chi connectivity index (χ0) is 18.8. The van der Waals surface area contributed by atoms with E-state index in [0.717, 1.165) is 10.8 Å². The fourth-order valence-corrected chi connectivity index (χ4v) is 3.48. The summed E-state index contributed by atoms with van der Waals surface area (Å²) in [5, 5.41) is 14.2. The number of benzene rings is 3. The summed E-state index contributed by atoms with van der Waals surface area (Å²) in [7, 11) is 0. The number of nitriles is 1. The Bertz CT molecular complexity index is 1130. The number of ether oxygens (including phenoxy) is 2. The van der Waals surface area contributed by atoms with Gasteiger partial charge in [-0.2, -0.15) is 5.26 Å². The lowest BCUT2D eigenvalue weighted by Gasteiger charge is -2.08. The molecule has 3 aromatic carbocycles. The minimum absolute atomic E-state index is 0.00583. The minimum Gasteiger partial charge on any atom is -0.454 e. The van der Waals surface area contributed by atoms with Crippen LogP contribution in [-0.4, -0.2) is 12.7 Å². The van der Waals surface area contributed by atoms with Crippen LogP contribution in [0.25, 0.3) is 16.8 Å². The van der Waals surface area contributed by atoms with Gasteiger partial charge in [-0.15, -0.1) is 0 Å². The van der Waals surface area contributed by atoms with Gasteiger partial charge in [-0.05, 0) is 51.2 Å². The summed E-state index contributed by atoms with van der Waals surface area (Å²) in [6.07, 6.45) is 1.52. The first kappa shape index (κ1) is 17.1. The molecule has 27 heavy (non-hydrogen) atoms. The Morgan fingerprint density at radius 2 is 1.96 bits per heavy atom. The second-order valence-electron chi connectivity index (χ2n) is 5.89. The van der Waals surface area contributed by atoms with Gasteiger partial charge in [0, 0.05) is 11.1 Å². The molecule has 0 atom stereocenters. The number of nitrogens with one attached hydrogen (secondary N) is 1. The standard InChI is InChI=1S/C21H13BrN2O3/c22-17-9-13(10-19-20(17)27-12-26-19)8-15(11-23)21(25)24-18-7-3-5-14-4-1-2-6-16(14)18/h1-10H,12H2,(H,24,25)/b15-8+. The summed E-state index contributed by atoms with van der Waals surface area (Å²) in [5.74, 6) is 0.718. The molecule has 1 aliphatic rings. The Labute approximate surface area is 163 Å². The maximum Gasteiger partial charge on any atom is 0.266 e. The van der Waals surface area contributed by atoms with Crippen LogP contribution in [0.1, 0.15) is 5.56 Å². The van der Waals surface area contributed by atoms with E-state index in [1.165, 1.54) is 6.08 Å². The molecule has 1 N–H and O–H groups in total. The molecule has 0 fully saturated rings. The van der Waals surface area contributed by atoms with Crippen LogP contribution < -0.4 is 14.8 Å². The van der Waals surface area contributed by atoms with Crippen LogP contribution in [0.15, 0.2) is 64.6 Å². The van der Waals surface area contributed by atoms with E-state index in [-0.39, 0.29) is 12.4 Å². The van der Waals surface area contributed by atoms with Crippen LogP contribution in [-0.2, 0) is 4.79 Å². The third kappa shape index (κ3) is 3.37. The lowest BCUT2D eigenvalue weighted by Crippen LogP contribution is -2.13. The highest BCUT2D eigenvalue weighted by atomic mass is 79.9. The predicted octanol–water partition coefficient (Wildman–Crippen LogP) is 4.88. The number of rotatable bonds is 3. The van der Waals surface area contributed by atoms with Gasteiger partial charge in [-0.1, -0.05) is 36.4 Å². The van der Waals surface area contributed by atoms with Gasteiger partial charge in [0.2, 0.25) is 6.79 Å². The molecule has 0 aromatic heterocycles. The molecule has 1 aliphatic heterocycles.